The van der Waals surface area contributed by atoms with E-state index in [1.807, 2.05) is 44.7 Å². The van der Waals surface area contributed by atoms with Gasteiger partial charge in [-0.15, -0.1) is 0 Å². The number of hydrogen-bond acceptors (Lipinski definition) is 4. The lowest BCUT2D eigenvalue weighted by Crippen LogP contribution is -2.54. The van der Waals surface area contributed by atoms with Gasteiger partial charge in [-0.2, -0.15) is 0 Å². The molecule has 0 saturated carbocycles. The second-order valence-electron chi connectivity index (χ2n) is 9.61. The van der Waals surface area contributed by atoms with Crippen LogP contribution in [0, 0.1) is 23.7 Å². The Bertz CT molecular complexity index is 696. The molecule has 2 heterocycles. The number of hydrogen-bond donors (Lipinski definition) is 1. The van der Waals surface area contributed by atoms with Gasteiger partial charge in [0.25, 0.3) is 0 Å². The summed E-state index contributed by atoms with van der Waals surface area (Å²) in [6.45, 7) is 9.02. The minimum atomic E-state index is -0.758. The van der Waals surface area contributed by atoms with Crippen LogP contribution < -0.4 is 5.32 Å². The first-order valence-electron chi connectivity index (χ1n) is 11.3. The van der Waals surface area contributed by atoms with E-state index in [-0.39, 0.29) is 53.3 Å². The number of imide groups is 1. The van der Waals surface area contributed by atoms with Crippen molar-refractivity contribution in [2.75, 3.05) is 13.1 Å². The van der Waals surface area contributed by atoms with Crippen molar-refractivity contribution in [1.29, 1.82) is 0 Å². The predicted molar refractivity (Wildman–Crippen MR) is 113 cm³/mol. The van der Waals surface area contributed by atoms with E-state index in [0.717, 1.165) is 0 Å². The Morgan fingerprint density at radius 3 is 2.00 bits per heavy atom. The summed E-state index contributed by atoms with van der Waals surface area (Å²) >= 11 is 0. The lowest BCUT2D eigenvalue weighted by Gasteiger charge is -2.35. The lowest BCUT2D eigenvalue weighted by atomic mass is 9.85. The average molecular weight is 418 g/mol. The quantitative estimate of drug-likeness (QED) is 0.530. The fraction of sp³-hybridized carbons (Fsp3) is 0.739. The Kier molecular flexibility index (Phi) is 6.98. The van der Waals surface area contributed by atoms with Crippen molar-refractivity contribution in [2.24, 2.45) is 23.7 Å². The Balaban J connectivity index is 1.66. The highest BCUT2D eigenvalue weighted by Gasteiger charge is 2.51. The number of carbonyl (C=O) groups is 4. The van der Waals surface area contributed by atoms with Gasteiger partial charge in [0.05, 0.1) is 11.8 Å². The van der Waals surface area contributed by atoms with E-state index in [1.54, 1.807) is 0 Å². The highest BCUT2D eigenvalue weighted by atomic mass is 16.2. The summed E-state index contributed by atoms with van der Waals surface area (Å²) in [4.78, 5) is 54.5. The van der Waals surface area contributed by atoms with Crippen molar-refractivity contribution in [3.8, 4) is 0 Å². The summed E-state index contributed by atoms with van der Waals surface area (Å²) in [5.41, 5.74) is 0. The molecule has 0 unspecified atom stereocenters. The second-order valence-corrected chi connectivity index (χ2v) is 9.61. The molecule has 3 atom stereocenters. The topological polar surface area (TPSA) is 86.8 Å². The number of rotatable bonds is 6. The van der Waals surface area contributed by atoms with Crippen LogP contribution in [0.3, 0.4) is 0 Å². The normalized spacial score (nSPS) is 25.8. The first-order valence-corrected chi connectivity index (χ1v) is 11.3. The van der Waals surface area contributed by atoms with Crippen LogP contribution in [0.25, 0.3) is 0 Å². The van der Waals surface area contributed by atoms with Crippen LogP contribution >= 0.6 is 0 Å². The molecule has 7 heteroatoms. The fourth-order valence-corrected chi connectivity index (χ4v) is 4.82. The Morgan fingerprint density at radius 1 is 1.00 bits per heavy atom. The van der Waals surface area contributed by atoms with Gasteiger partial charge < -0.3 is 10.2 Å². The third-order valence-corrected chi connectivity index (χ3v) is 6.50. The Morgan fingerprint density at radius 2 is 1.53 bits per heavy atom. The predicted octanol–water partition coefficient (Wildman–Crippen LogP) is 2.12. The summed E-state index contributed by atoms with van der Waals surface area (Å²) in [5, 5.41) is 3.07. The molecule has 0 bridgehead atoms. The molecular weight excluding hydrogens is 382 g/mol. The molecule has 1 aliphatic carbocycles. The zero-order chi connectivity index (χ0) is 22.0. The maximum atomic E-state index is 13.2. The molecule has 3 aliphatic rings. The minimum Gasteiger partial charge on any atom is -0.351 e. The van der Waals surface area contributed by atoms with Crippen molar-refractivity contribution >= 4 is 23.6 Å². The van der Waals surface area contributed by atoms with Crippen LogP contribution in [0.1, 0.15) is 59.8 Å². The number of piperidine rings is 1. The number of amides is 4. The van der Waals surface area contributed by atoms with Crippen LogP contribution in [0.5, 0.6) is 0 Å². The van der Waals surface area contributed by atoms with E-state index < -0.39 is 6.04 Å². The van der Waals surface area contributed by atoms with Gasteiger partial charge in [-0.3, -0.25) is 24.1 Å². The highest BCUT2D eigenvalue weighted by Crippen LogP contribution is 2.37. The van der Waals surface area contributed by atoms with Gasteiger partial charge in [0, 0.05) is 25.0 Å². The molecule has 1 N–H and O–H groups in total. The number of nitrogens with one attached hydrogen (secondary N) is 1. The molecule has 7 nitrogen and oxygen atoms in total. The van der Waals surface area contributed by atoms with Crippen LogP contribution in [-0.2, 0) is 19.2 Å². The third kappa shape index (κ3) is 4.60. The number of allylic oxidation sites excluding steroid dienone is 2. The Hall–Kier alpha value is -2.18. The maximum absolute atomic E-state index is 13.2. The van der Waals surface area contributed by atoms with E-state index in [9.17, 15) is 19.2 Å². The molecule has 166 valence electrons. The zero-order valence-corrected chi connectivity index (χ0v) is 18.6. The molecule has 3 rings (SSSR count). The molecule has 4 amide bonds. The van der Waals surface area contributed by atoms with E-state index in [2.05, 4.69) is 5.32 Å². The maximum Gasteiger partial charge on any atom is 0.243 e. The van der Waals surface area contributed by atoms with Crippen molar-refractivity contribution in [2.45, 2.75) is 71.9 Å². The van der Waals surface area contributed by atoms with Crippen LogP contribution in [0.15, 0.2) is 12.2 Å². The summed E-state index contributed by atoms with van der Waals surface area (Å²) in [7, 11) is 0. The minimum absolute atomic E-state index is 0.0308. The zero-order valence-electron chi connectivity index (χ0n) is 18.6. The fourth-order valence-electron chi connectivity index (χ4n) is 4.82. The third-order valence-electron chi connectivity index (χ3n) is 6.50. The molecule has 30 heavy (non-hydrogen) atoms. The highest BCUT2D eigenvalue weighted by molar-refractivity contribution is 6.08. The summed E-state index contributed by atoms with van der Waals surface area (Å²) in [6, 6.07) is -0.800. The first kappa shape index (κ1) is 22.5. The van der Waals surface area contributed by atoms with E-state index in [4.69, 9.17) is 0 Å². The second kappa shape index (κ2) is 9.31. The van der Waals surface area contributed by atoms with E-state index >= 15 is 0 Å². The number of nitrogens with zero attached hydrogens (tertiary/aromatic N) is 2. The first-order chi connectivity index (χ1) is 14.2. The summed E-state index contributed by atoms with van der Waals surface area (Å²) < 4.78 is 0. The van der Waals surface area contributed by atoms with Gasteiger partial charge in [0.2, 0.25) is 23.6 Å². The number of likely N-dealkylation sites (tertiary alicyclic amines) is 2. The molecule has 2 aliphatic heterocycles. The number of carbonyl (C=O) groups excluding carboxylic acids is 4. The molecule has 0 spiro atoms. The number of fused-ring (bicyclic) bond motifs is 1. The molecule has 2 fully saturated rings. The molecule has 0 aromatic carbocycles. The van der Waals surface area contributed by atoms with Crippen LogP contribution in [0.2, 0.25) is 0 Å². The molecular formula is C23H35N3O4. The largest absolute Gasteiger partial charge is 0.351 e. The van der Waals surface area contributed by atoms with Crippen molar-refractivity contribution < 1.29 is 19.2 Å². The van der Waals surface area contributed by atoms with Crippen LogP contribution in [0.4, 0.5) is 0 Å². The van der Waals surface area contributed by atoms with E-state index in [1.165, 1.54) is 4.90 Å². The van der Waals surface area contributed by atoms with Gasteiger partial charge >= 0.3 is 0 Å². The SMILES string of the molecule is CC(C)C[C@H](C(=O)NC1CCN(C(=O)C(C)C)CC1)N1C(=O)[C@H]2CC=CC[C@@H]2C1=O. The van der Waals surface area contributed by atoms with Crippen LogP contribution in [-0.4, -0.2) is 58.6 Å². The van der Waals surface area contributed by atoms with Crippen molar-refractivity contribution in [3.63, 3.8) is 0 Å². The lowest BCUT2D eigenvalue weighted by molar-refractivity contribution is -0.149. The monoisotopic (exact) mass is 417 g/mol. The van der Waals surface area contributed by atoms with Crippen molar-refractivity contribution in [3.05, 3.63) is 12.2 Å². The molecule has 2 saturated heterocycles. The average Bonchev–Trinajstić information content (AvgIpc) is 2.96. The molecule has 0 aromatic rings. The molecule has 0 radical (unpaired) electrons. The van der Waals surface area contributed by atoms with E-state index in [0.29, 0.717) is 45.2 Å². The van der Waals surface area contributed by atoms with Gasteiger partial charge in [0.15, 0.2) is 0 Å². The molecule has 0 aromatic heterocycles. The Labute approximate surface area is 179 Å². The van der Waals surface area contributed by atoms with Gasteiger partial charge in [0.1, 0.15) is 6.04 Å². The summed E-state index contributed by atoms with van der Waals surface area (Å²) in [6.07, 6.45) is 6.90. The van der Waals surface area contributed by atoms with Gasteiger partial charge in [-0.25, -0.2) is 0 Å². The van der Waals surface area contributed by atoms with Gasteiger partial charge in [-0.05, 0) is 38.0 Å². The van der Waals surface area contributed by atoms with Crippen molar-refractivity contribution in [1.82, 2.24) is 15.1 Å². The standard InChI is InChI=1S/C23H35N3O4/c1-14(2)13-19(26-22(29)17-7-5-6-8-18(17)23(26)30)20(27)24-16-9-11-25(12-10-16)21(28)15(3)4/h5-6,14-19H,7-13H2,1-4H3,(H,24,27)/t17-,18-,19+/m0/s1. The smallest absolute Gasteiger partial charge is 0.243 e. The van der Waals surface area contributed by atoms with Gasteiger partial charge in [-0.1, -0.05) is 39.8 Å². The summed E-state index contributed by atoms with van der Waals surface area (Å²) in [5.74, 6) is -1.01.